The third kappa shape index (κ3) is 4.14. The molecule has 34 heavy (non-hydrogen) atoms. The van der Waals surface area contributed by atoms with E-state index in [4.69, 9.17) is 16.3 Å². The average Bonchev–Trinajstić information content (AvgIpc) is 3.26. The number of ether oxygens (including phenoxy) is 1. The molecule has 0 bridgehead atoms. The molecule has 3 heterocycles. The minimum atomic E-state index is -0.943. The molecule has 5 rings (SSSR count). The van der Waals surface area contributed by atoms with Crippen LogP contribution in [0.25, 0.3) is 22.3 Å². The van der Waals surface area contributed by atoms with Crippen LogP contribution in [0.1, 0.15) is 10.5 Å². The van der Waals surface area contributed by atoms with E-state index in [1.54, 1.807) is 36.4 Å². The second kappa shape index (κ2) is 8.83. The monoisotopic (exact) mass is 478 g/mol. The Bertz CT molecular complexity index is 1530. The highest BCUT2D eigenvalue weighted by Crippen LogP contribution is 2.36. The molecule has 8 nitrogen and oxygen atoms in total. The zero-order valence-electron chi connectivity index (χ0n) is 17.1. The van der Waals surface area contributed by atoms with Gasteiger partial charge in [-0.25, -0.2) is 8.78 Å². The molecule has 0 aliphatic carbocycles. The van der Waals surface area contributed by atoms with Crippen molar-refractivity contribution in [3.8, 4) is 23.0 Å². The van der Waals surface area contributed by atoms with E-state index in [2.05, 4.69) is 30.5 Å². The molecule has 2 N–H and O–H groups in total. The second-order valence-electron chi connectivity index (χ2n) is 6.98. The molecule has 0 spiro atoms. The summed E-state index contributed by atoms with van der Waals surface area (Å²) in [6, 6.07) is 14.4. The van der Waals surface area contributed by atoms with Gasteiger partial charge in [-0.05, 0) is 30.3 Å². The Morgan fingerprint density at radius 3 is 2.62 bits per heavy atom. The number of amides is 1. The predicted octanol–water partition coefficient (Wildman–Crippen LogP) is 5.39. The number of aromatic nitrogens is 5. The number of halogens is 3. The van der Waals surface area contributed by atoms with Gasteiger partial charge >= 0.3 is 6.01 Å². The maximum absolute atomic E-state index is 14.1. The van der Waals surface area contributed by atoms with Crippen LogP contribution >= 0.6 is 11.6 Å². The van der Waals surface area contributed by atoms with Gasteiger partial charge in [0.15, 0.2) is 23.0 Å². The summed E-state index contributed by atoms with van der Waals surface area (Å²) in [6.45, 7) is 0. The van der Waals surface area contributed by atoms with Crippen LogP contribution in [0.15, 0.2) is 66.9 Å². The largest absolute Gasteiger partial charge is 0.421 e. The summed E-state index contributed by atoms with van der Waals surface area (Å²) >= 11 is 6.36. The third-order valence-electron chi connectivity index (χ3n) is 4.76. The van der Waals surface area contributed by atoms with Crippen molar-refractivity contribution in [1.82, 2.24) is 25.1 Å². The Morgan fingerprint density at radius 1 is 1.03 bits per heavy atom. The van der Waals surface area contributed by atoms with E-state index >= 15 is 0 Å². The number of nitrogens with one attached hydrogen (secondary N) is 2. The average molecular weight is 479 g/mol. The van der Waals surface area contributed by atoms with E-state index in [-0.39, 0.29) is 28.9 Å². The lowest BCUT2D eigenvalue weighted by atomic mass is 10.1. The van der Waals surface area contributed by atoms with Crippen molar-refractivity contribution >= 4 is 34.4 Å². The van der Waals surface area contributed by atoms with Crippen molar-refractivity contribution in [2.75, 3.05) is 5.32 Å². The van der Waals surface area contributed by atoms with Crippen LogP contribution in [-0.4, -0.2) is 31.1 Å². The van der Waals surface area contributed by atoms with Gasteiger partial charge in [-0.3, -0.25) is 14.9 Å². The van der Waals surface area contributed by atoms with Gasteiger partial charge in [0.2, 0.25) is 0 Å². The number of carbonyl (C=O) groups excluding carboxylic acids is 1. The summed E-state index contributed by atoms with van der Waals surface area (Å²) in [4.78, 5) is 25.3. The first-order chi connectivity index (χ1) is 16.5. The number of aromatic amines is 1. The molecule has 5 aromatic rings. The summed E-state index contributed by atoms with van der Waals surface area (Å²) in [7, 11) is 0. The van der Waals surface area contributed by atoms with Crippen LogP contribution in [0.4, 0.5) is 14.6 Å². The summed E-state index contributed by atoms with van der Waals surface area (Å²) in [5.74, 6) is -2.53. The first kappa shape index (κ1) is 21.4. The van der Waals surface area contributed by atoms with Crippen molar-refractivity contribution in [1.29, 1.82) is 0 Å². The molecule has 0 aliphatic rings. The van der Waals surface area contributed by atoms with Gasteiger partial charge in [0.25, 0.3) is 5.91 Å². The van der Waals surface area contributed by atoms with E-state index in [0.717, 1.165) is 12.1 Å². The number of pyridine rings is 1. The maximum atomic E-state index is 14.1. The SMILES string of the molecule is O=C(Nc1nc(Oc2ccc(F)cc2F)nc2n[nH]c(-c3ccccc3Cl)c12)c1ccccn1. The number of fused-ring (bicyclic) bond motifs is 1. The Labute approximate surface area is 195 Å². The molecule has 2 aromatic carbocycles. The number of nitrogens with zero attached hydrogens (tertiary/aromatic N) is 4. The molecular formula is C23H13ClF2N6O2. The van der Waals surface area contributed by atoms with Gasteiger partial charge < -0.3 is 10.1 Å². The minimum Gasteiger partial charge on any atom is -0.421 e. The molecule has 0 saturated carbocycles. The fourth-order valence-electron chi connectivity index (χ4n) is 3.22. The lowest BCUT2D eigenvalue weighted by Crippen LogP contribution is -2.15. The Balaban J connectivity index is 1.63. The molecule has 168 valence electrons. The standard InChI is InChI=1S/C23H13ClF2N6O2/c24-14-6-2-1-5-13(14)19-18-20(28-22(33)16-7-3-4-10-27-16)29-23(30-21(18)32-31-19)34-17-9-8-12(25)11-15(17)26/h1-11H,(H2,28,29,30,31,32,33). The predicted molar refractivity (Wildman–Crippen MR) is 121 cm³/mol. The molecule has 0 saturated heterocycles. The van der Waals surface area contributed by atoms with E-state index in [9.17, 15) is 13.6 Å². The van der Waals surface area contributed by atoms with Crippen LogP contribution in [0.3, 0.4) is 0 Å². The number of benzene rings is 2. The van der Waals surface area contributed by atoms with Crippen LogP contribution in [0, 0.1) is 11.6 Å². The number of hydrogen-bond donors (Lipinski definition) is 2. The highest BCUT2D eigenvalue weighted by atomic mass is 35.5. The number of anilines is 1. The van der Waals surface area contributed by atoms with Crippen molar-refractivity contribution in [3.63, 3.8) is 0 Å². The molecule has 0 aliphatic heterocycles. The van der Waals surface area contributed by atoms with Gasteiger partial charge in [0, 0.05) is 22.8 Å². The minimum absolute atomic E-state index is 0.0295. The molecule has 0 unspecified atom stereocenters. The van der Waals surface area contributed by atoms with E-state index < -0.39 is 17.5 Å². The molecule has 0 fully saturated rings. The van der Waals surface area contributed by atoms with Crippen molar-refractivity contribution in [3.05, 3.63) is 89.2 Å². The highest BCUT2D eigenvalue weighted by molar-refractivity contribution is 6.33. The van der Waals surface area contributed by atoms with Gasteiger partial charge in [-0.15, -0.1) is 0 Å². The lowest BCUT2D eigenvalue weighted by Gasteiger charge is -2.10. The van der Waals surface area contributed by atoms with Crippen molar-refractivity contribution in [2.24, 2.45) is 0 Å². The van der Waals surface area contributed by atoms with Gasteiger partial charge in [-0.2, -0.15) is 15.1 Å². The van der Waals surface area contributed by atoms with E-state index in [1.165, 1.54) is 12.3 Å². The molecule has 11 heteroatoms. The number of H-pyrrole nitrogens is 1. The van der Waals surface area contributed by atoms with Gasteiger partial charge in [-0.1, -0.05) is 35.9 Å². The summed E-state index contributed by atoms with van der Waals surface area (Å²) in [5.41, 5.74) is 1.32. The van der Waals surface area contributed by atoms with E-state index in [1.807, 2.05) is 0 Å². The first-order valence-corrected chi connectivity index (χ1v) is 10.2. The van der Waals surface area contributed by atoms with E-state index in [0.29, 0.717) is 27.7 Å². The van der Waals surface area contributed by atoms with Crippen LogP contribution in [0.2, 0.25) is 5.02 Å². The highest BCUT2D eigenvalue weighted by Gasteiger charge is 2.21. The van der Waals surface area contributed by atoms with Crippen LogP contribution in [0.5, 0.6) is 11.8 Å². The number of hydrogen-bond acceptors (Lipinski definition) is 6. The fraction of sp³-hybridized carbons (Fsp3) is 0. The topological polar surface area (TPSA) is 106 Å². The Hall–Kier alpha value is -4.44. The maximum Gasteiger partial charge on any atom is 0.326 e. The quantitative estimate of drug-likeness (QED) is 0.351. The molecule has 0 atom stereocenters. The third-order valence-corrected chi connectivity index (χ3v) is 5.09. The second-order valence-corrected chi connectivity index (χ2v) is 7.38. The molecular weight excluding hydrogens is 466 g/mol. The summed E-state index contributed by atoms with van der Waals surface area (Å²) < 4.78 is 32.8. The zero-order chi connectivity index (χ0) is 23.7. The Morgan fingerprint density at radius 2 is 1.85 bits per heavy atom. The van der Waals surface area contributed by atoms with Crippen LogP contribution in [-0.2, 0) is 0 Å². The first-order valence-electron chi connectivity index (χ1n) is 9.86. The van der Waals surface area contributed by atoms with Crippen molar-refractivity contribution in [2.45, 2.75) is 0 Å². The van der Waals surface area contributed by atoms with Crippen LogP contribution < -0.4 is 10.1 Å². The molecule has 3 aromatic heterocycles. The van der Waals surface area contributed by atoms with Crippen molar-refractivity contribution < 1.29 is 18.3 Å². The molecule has 0 radical (unpaired) electrons. The van der Waals surface area contributed by atoms with Gasteiger partial charge in [0.1, 0.15) is 11.5 Å². The number of rotatable bonds is 5. The normalized spacial score (nSPS) is 10.9. The number of carbonyl (C=O) groups is 1. The fourth-order valence-corrected chi connectivity index (χ4v) is 3.45. The smallest absolute Gasteiger partial charge is 0.326 e. The molecule has 1 amide bonds. The zero-order valence-corrected chi connectivity index (χ0v) is 17.8. The summed E-state index contributed by atoms with van der Waals surface area (Å²) in [6.07, 6.45) is 1.48. The lowest BCUT2D eigenvalue weighted by molar-refractivity contribution is 0.102. The Kier molecular flexibility index (Phi) is 5.56. The summed E-state index contributed by atoms with van der Waals surface area (Å²) in [5, 5.41) is 10.5. The van der Waals surface area contributed by atoms with Gasteiger partial charge in [0.05, 0.1) is 11.1 Å².